The average Bonchev–Trinajstić information content (AvgIpc) is 2.18. The Morgan fingerprint density at radius 2 is 2.07 bits per heavy atom. The molecule has 0 aromatic heterocycles. The van der Waals surface area contributed by atoms with Gasteiger partial charge in [0.25, 0.3) is 0 Å². The Morgan fingerprint density at radius 1 is 1.29 bits per heavy atom. The van der Waals surface area contributed by atoms with E-state index in [4.69, 9.17) is 0 Å². The number of rotatable bonds is 5. The number of halogens is 1. The zero-order chi connectivity index (χ0) is 10.4. The van der Waals surface area contributed by atoms with Gasteiger partial charge in [0.1, 0.15) is 5.82 Å². The second kappa shape index (κ2) is 5.76. The second-order valence-electron chi connectivity index (χ2n) is 3.59. The van der Waals surface area contributed by atoms with Gasteiger partial charge in [0.2, 0.25) is 0 Å². The summed E-state index contributed by atoms with van der Waals surface area (Å²) >= 11 is 0. The molecule has 2 heteroatoms. The average molecular weight is 195 g/mol. The van der Waals surface area contributed by atoms with Crippen LogP contribution in [-0.2, 0) is 6.42 Å². The van der Waals surface area contributed by atoms with Crippen LogP contribution in [0, 0.1) is 12.7 Å². The van der Waals surface area contributed by atoms with E-state index in [1.165, 1.54) is 0 Å². The fourth-order valence-corrected chi connectivity index (χ4v) is 1.42. The van der Waals surface area contributed by atoms with Gasteiger partial charge < -0.3 is 5.32 Å². The Hall–Kier alpha value is -0.890. The van der Waals surface area contributed by atoms with Crippen molar-refractivity contribution in [3.8, 4) is 0 Å². The minimum atomic E-state index is -0.0890. The van der Waals surface area contributed by atoms with Crippen molar-refractivity contribution in [1.82, 2.24) is 5.32 Å². The van der Waals surface area contributed by atoms with Gasteiger partial charge in [0.05, 0.1) is 0 Å². The molecular weight excluding hydrogens is 177 g/mol. The largest absolute Gasteiger partial charge is 0.316 e. The lowest BCUT2D eigenvalue weighted by Crippen LogP contribution is -2.18. The van der Waals surface area contributed by atoms with Crippen molar-refractivity contribution >= 4 is 0 Å². The van der Waals surface area contributed by atoms with E-state index in [1.54, 1.807) is 12.1 Å². The molecule has 0 saturated carbocycles. The molecule has 0 aliphatic carbocycles. The molecule has 0 atom stereocenters. The van der Waals surface area contributed by atoms with Crippen LogP contribution < -0.4 is 5.32 Å². The van der Waals surface area contributed by atoms with Crippen LogP contribution in [0.1, 0.15) is 24.5 Å². The van der Waals surface area contributed by atoms with Crippen LogP contribution in [0.3, 0.4) is 0 Å². The van der Waals surface area contributed by atoms with Crippen molar-refractivity contribution < 1.29 is 4.39 Å². The summed E-state index contributed by atoms with van der Waals surface area (Å²) < 4.78 is 13.3. The van der Waals surface area contributed by atoms with Gasteiger partial charge in [-0.05, 0) is 44.5 Å². The molecule has 1 aromatic carbocycles. The molecular formula is C12H18FN. The molecule has 0 fully saturated rings. The van der Waals surface area contributed by atoms with E-state index in [1.807, 2.05) is 13.0 Å². The fourth-order valence-electron chi connectivity index (χ4n) is 1.42. The third-order valence-corrected chi connectivity index (χ3v) is 2.20. The van der Waals surface area contributed by atoms with Crippen LogP contribution in [-0.4, -0.2) is 13.1 Å². The SMILES string of the molecule is CCCNCCc1cc(C)ccc1F. The smallest absolute Gasteiger partial charge is 0.126 e. The molecule has 0 amide bonds. The Kier molecular flexibility index (Phi) is 4.60. The molecule has 1 nitrogen and oxygen atoms in total. The van der Waals surface area contributed by atoms with Crippen LogP contribution in [0.15, 0.2) is 18.2 Å². The van der Waals surface area contributed by atoms with E-state index in [0.717, 1.165) is 37.1 Å². The Bertz CT molecular complexity index is 284. The van der Waals surface area contributed by atoms with Crippen molar-refractivity contribution in [3.05, 3.63) is 35.1 Å². The molecule has 14 heavy (non-hydrogen) atoms. The first kappa shape index (κ1) is 11.2. The highest BCUT2D eigenvalue weighted by atomic mass is 19.1. The van der Waals surface area contributed by atoms with E-state index >= 15 is 0 Å². The maximum atomic E-state index is 13.3. The van der Waals surface area contributed by atoms with E-state index in [9.17, 15) is 4.39 Å². The number of hydrogen-bond donors (Lipinski definition) is 1. The summed E-state index contributed by atoms with van der Waals surface area (Å²) in [5.74, 6) is -0.0890. The lowest BCUT2D eigenvalue weighted by molar-refractivity contribution is 0.596. The number of benzene rings is 1. The summed E-state index contributed by atoms with van der Waals surface area (Å²) in [5.41, 5.74) is 1.94. The van der Waals surface area contributed by atoms with Crippen LogP contribution in [0.2, 0.25) is 0 Å². The molecule has 0 radical (unpaired) electrons. The molecule has 0 saturated heterocycles. The first-order chi connectivity index (χ1) is 6.74. The van der Waals surface area contributed by atoms with Gasteiger partial charge in [-0.15, -0.1) is 0 Å². The van der Waals surface area contributed by atoms with Gasteiger partial charge in [0, 0.05) is 0 Å². The van der Waals surface area contributed by atoms with Crippen LogP contribution in [0.4, 0.5) is 4.39 Å². The van der Waals surface area contributed by atoms with Crippen molar-refractivity contribution in [2.45, 2.75) is 26.7 Å². The summed E-state index contributed by atoms with van der Waals surface area (Å²) in [6, 6.07) is 5.27. The van der Waals surface area contributed by atoms with Crippen molar-refractivity contribution in [2.75, 3.05) is 13.1 Å². The highest BCUT2D eigenvalue weighted by Crippen LogP contribution is 2.09. The minimum absolute atomic E-state index is 0.0890. The van der Waals surface area contributed by atoms with Crippen molar-refractivity contribution in [1.29, 1.82) is 0 Å². The van der Waals surface area contributed by atoms with Gasteiger partial charge in [0.15, 0.2) is 0 Å². The summed E-state index contributed by atoms with van der Waals surface area (Å²) in [5, 5.41) is 3.26. The molecule has 1 aromatic rings. The van der Waals surface area contributed by atoms with Crippen LogP contribution in [0.5, 0.6) is 0 Å². The quantitative estimate of drug-likeness (QED) is 0.712. The molecule has 0 heterocycles. The maximum absolute atomic E-state index is 13.3. The van der Waals surface area contributed by atoms with E-state index in [0.29, 0.717) is 0 Å². The summed E-state index contributed by atoms with van der Waals surface area (Å²) in [4.78, 5) is 0. The van der Waals surface area contributed by atoms with Crippen molar-refractivity contribution in [2.24, 2.45) is 0 Å². The predicted octanol–water partition coefficient (Wildman–Crippen LogP) is 2.68. The normalized spacial score (nSPS) is 10.5. The van der Waals surface area contributed by atoms with E-state index in [2.05, 4.69) is 12.2 Å². The fraction of sp³-hybridized carbons (Fsp3) is 0.500. The van der Waals surface area contributed by atoms with Gasteiger partial charge >= 0.3 is 0 Å². The van der Waals surface area contributed by atoms with Gasteiger partial charge in [-0.25, -0.2) is 4.39 Å². The van der Waals surface area contributed by atoms with Gasteiger partial charge in [-0.2, -0.15) is 0 Å². The zero-order valence-corrected chi connectivity index (χ0v) is 8.94. The first-order valence-electron chi connectivity index (χ1n) is 5.19. The lowest BCUT2D eigenvalue weighted by Gasteiger charge is -2.05. The third kappa shape index (κ3) is 3.46. The third-order valence-electron chi connectivity index (χ3n) is 2.20. The molecule has 0 spiro atoms. The molecule has 78 valence electrons. The van der Waals surface area contributed by atoms with Crippen LogP contribution >= 0.6 is 0 Å². The molecule has 0 aliphatic heterocycles. The summed E-state index contributed by atoms with van der Waals surface area (Å²) in [6.45, 7) is 5.98. The van der Waals surface area contributed by atoms with Gasteiger partial charge in [-0.1, -0.05) is 24.6 Å². The minimum Gasteiger partial charge on any atom is -0.316 e. The summed E-state index contributed by atoms with van der Waals surface area (Å²) in [6.07, 6.45) is 1.89. The molecule has 1 N–H and O–H groups in total. The Morgan fingerprint density at radius 3 is 2.79 bits per heavy atom. The Balaban J connectivity index is 2.45. The number of aryl methyl sites for hydroxylation is 1. The molecule has 0 unspecified atom stereocenters. The molecule has 1 rings (SSSR count). The zero-order valence-electron chi connectivity index (χ0n) is 8.94. The highest BCUT2D eigenvalue weighted by Gasteiger charge is 2.00. The van der Waals surface area contributed by atoms with Gasteiger partial charge in [-0.3, -0.25) is 0 Å². The van der Waals surface area contributed by atoms with E-state index < -0.39 is 0 Å². The molecule has 0 bridgehead atoms. The lowest BCUT2D eigenvalue weighted by atomic mass is 10.1. The number of hydrogen-bond acceptors (Lipinski definition) is 1. The Labute approximate surface area is 85.3 Å². The molecule has 0 aliphatic rings. The predicted molar refractivity (Wildman–Crippen MR) is 58.0 cm³/mol. The highest BCUT2D eigenvalue weighted by molar-refractivity contribution is 5.24. The standard InChI is InChI=1S/C12H18FN/c1-3-7-14-8-6-11-9-10(2)4-5-12(11)13/h4-5,9,14H,3,6-8H2,1-2H3. The van der Waals surface area contributed by atoms with E-state index in [-0.39, 0.29) is 5.82 Å². The topological polar surface area (TPSA) is 12.0 Å². The maximum Gasteiger partial charge on any atom is 0.126 e. The van der Waals surface area contributed by atoms with Crippen molar-refractivity contribution in [3.63, 3.8) is 0 Å². The number of nitrogens with one attached hydrogen (secondary N) is 1. The monoisotopic (exact) mass is 195 g/mol. The summed E-state index contributed by atoms with van der Waals surface area (Å²) in [7, 11) is 0. The first-order valence-corrected chi connectivity index (χ1v) is 5.19. The second-order valence-corrected chi connectivity index (χ2v) is 3.59. The van der Waals surface area contributed by atoms with Crippen LogP contribution in [0.25, 0.3) is 0 Å².